The molecule has 1 unspecified atom stereocenters. The average Bonchev–Trinajstić information content (AvgIpc) is 2.51. The third-order valence-corrected chi connectivity index (χ3v) is 3.06. The first-order valence-corrected chi connectivity index (χ1v) is 7.08. The van der Waals surface area contributed by atoms with Crippen LogP contribution < -0.4 is 10.1 Å². The molecule has 20 heavy (non-hydrogen) atoms. The molecule has 1 aromatic heterocycles. The maximum absolute atomic E-state index is 5.48. The standard InChI is InChI=1S/C16H21N3O/c1-3-10-17-16(14-9-11-18-19-12-14)13-5-7-15(8-6-13)20-4-2/h5-9,11-12,16-17H,3-4,10H2,1-2H3. The van der Waals surface area contributed by atoms with Gasteiger partial charge in [-0.1, -0.05) is 19.1 Å². The Hall–Kier alpha value is -1.94. The first-order valence-electron chi connectivity index (χ1n) is 7.08. The summed E-state index contributed by atoms with van der Waals surface area (Å²) in [4.78, 5) is 0. The van der Waals surface area contributed by atoms with E-state index in [1.54, 1.807) is 6.20 Å². The molecule has 0 amide bonds. The van der Waals surface area contributed by atoms with Crippen molar-refractivity contribution in [2.45, 2.75) is 26.3 Å². The molecule has 4 heteroatoms. The Labute approximate surface area is 120 Å². The van der Waals surface area contributed by atoms with Crippen LogP contribution in [0.2, 0.25) is 0 Å². The van der Waals surface area contributed by atoms with Gasteiger partial charge in [0.05, 0.1) is 18.8 Å². The average molecular weight is 271 g/mol. The lowest BCUT2D eigenvalue weighted by Gasteiger charge is -2.19. The number of aromatic nitrogens is 2. The van der Waals surface area contributed by atoms with Crippen LogP contribution in [0.15, 0.2) is 42.7 Å². The highest BCUT2D eigenvalue weighted by atomic mass is 16.5. The van der Waals surface area contributed by atoms with Gasteiger partial charge in [-0.15, -0.1) is 0 Å². The third-order valence-electron chi connectivity index (χ3n) is 3.06. The van der Waals surface area contributed by atoms with E-state index in [-0.39, 0.29) is 6.04 Å². The van der Waals surface area contributed by atoms with Crippen molar-refractivity contribution in [3.63, 3.8) is 0 Å². The maximum atomic E-state index is 5.48. The van der Waals surface area contributed by atoms with Gasteiger partial charge in [-0.25, -0.2) is 0 Å². The van der Waals surface area contributed by atoms with Crippen molar-refractivity contribution in [3.8, 4) is 5.75 Å². The van der Waals surface area contributed by atoms with Crippen molar-refractivity contribution in [1.29, 1.82) is 0 Å². The smallest absolute Gasteiger partial charge is 0.119 e. The van der Waals surface area contributed by atoms with Gasteiger partial charge in [0, 0.05) is 6.20 Å². The molecule has 2 aromatic rings. The summed E-state index contributed by atoms with van der Waals surface area (Å²) >= 11 is 0. The zero-order valence-corrected chi connectivity index (χ0v) is 12.0. The molecule has 1 atom stereocenters. The van der Waals surface area contributed by atoms with E-state index in [9.17, 15) is 0 Å². The Morgan fingerprint density at radius 3 is 2.45 bits per heavy atom. The van der Waals surface area contributed by atoms with Crippen LogP contribution in [0.5, 0.6) is 5.75 Å². The van der Waals surface area contributed by atoms with Gasteiger partial charge >= 0.3 is 0 Å². The van der Waals surface area contributed by atoms with E-state index in [1.807, 2.05) is 31.3 Å². The predicted octanol–water partition coefficient (Wildman–Crippen LogP) is 2.96. The van der Waals surface area contributed by atoms with Gasteiger partial charge in [0.15, 0.2) is 0 Å². The Morgan fingerprint density at radius 2 is 1.85 bits per heavy atom. The highest BCUT2D eigenvalue weighted by Gasteiger charge is 2.13. The fourth-order valence-electron chi connectivity index (χ4n) is 2.11. The topological polar surface area (TPSA) is 47.0 Å². The largest absolute Gasteiger partial charge is 0.494 e. The summed E-state index contributed by atoms with van der Waals surface area (Å²) in [7, 11) is 0. The van der Waals surface area contributed by atoms with Crippen LogP contribution in [0.25, 0.3) is 0 Å². The van der Waals surface area contributed by atoms with E-state index in [4.69, 9.17) is 4.74 Å². The van der Waals surface area contributed by atoms with Crippen molar-refractivity contribution >= 4 is 0 Å². The van der Waals surface area contributed by atoms with Crippen molar-refractivity contribution in [2.24, 2.45) is 0 Å². The van der Waals surface area contributed by atoms with Gasteiger partial charge in [0.2, 0.25) is 0 Å². The Bertz CT molecular complexity index is 499. The van der Waals surface area contributed by atoms with Crippen LogP contribution in [0.4, 0.5) is 0 Å². The molecule has 0 aliphatic carbocycles. The minimum absolute atomic E-state index is 0.140. The lowest BCUT2D eigenvalue weighted by molar-refractivity contribution is 0.340. The van der Waals surface area contributed by atoms with Crippen molar-refractivity contribution in [3.05, 3.63) is 53.9 Å². The molecule has 0 saturated carbocycles. The molecule has 0 fully saturated rings. The van der Waals surface area contributed by atoms with Crippen LogP contribution >= 0.6 is 0 Å². The fraction of sp³-hybridized carbons (Fsp3) is 0.375. The predicted molar refractivity (Wildman–Crippen MR) is 79.8 cm³/mol. The summed E-state index contributed by atoms with van der Waals surface area (Å²) in [6.45, 7) is 5.79. The van der Waals surface area contributed by atoms with Crippen LogP contribution in [-0.4, -0.2) is 23.3 Å². The summed E-state index contributed by atoms with van der Waals surface area (Å²) in [6, 6.07) is 10.3. The molecule has 0 bridgehead atoms. The highest BCUT2D eigenvalue weighted by molar-refractivity contribution is 5.34. The molecule has 1 heterocycles. The molecule has 4 nitrogen and oxygen atoms in total. The minimum atomic E-state index is 0.140. The van der Waals surface area contributed by atoms with E-state index in [0.29, 0.717) is 6.61 Å². The summed E-state index contributed by atoms with van der Waals surface area (Å²) in [5.41, 5.74) is 2.33. The van der Waals surface area contributed by atoms with Crippen LogP contribution in [0.1, 0.15) is 37.4 Å². The molecule has 0 radical (unpaired) electrons. The number of hydrogen-bond donors (Lipinski definition) is 1. The van der Waals surface area contributed by atoms with Crippen LogP contribution in [0.3, 0.4) is 0 Å². The van der Waals surface area contributed by atoms with Gasteiger partial charge in [-0.3, -0.25) is 0 Å². The van der Waals surface area contributed by atoms with Gasteiger partial charge < -0.3 is 10.1 Å². The number of hydrogen-bond acceptors (Lipinski definition) is 4. The molecule has 106 valence electrons. The molecule has 0 aliphatic heterocycles. The van der Waals surface area contributed by atoms with Crippen LogP contribution in [-0.2, 0) is 0 Å². The normalized spacial score (nSPS) is 12.1. The first-order chi connectivity index (χ1) is 9.85. The van der Waals surface area contributed by atoms with Gasteiger partial charge in [0.25, 0.3) is 0 Å². The Balaban J connectivity index is 2.22. The molecule has 1 N–H and O–H groups in total. The highest BCUT2D eigenvalue weighted by Crippen LogP contribution is 2.23. The summed E-state index contributed by atoms with van der Waals surface area (Å²) in [5, 5.41) is 11.4. The van der Waals surface area contributed by atoms with E-state index in [1.165, 1.54) is 5.56 Å². The summed E-state index contributed by atoms with van der Waals surface area (Å²) in [6.07, 6.45) is 4.63. The van der Waals surface area contributed by atoms with E-state index < -0.39 is 0 Å². The molecule has 2 rings (SSSR count). The van der Waals surface area contributed by atoms with Crippen molar-refractivity contribution < 1.29 is 4.74 Å². The molecular formula is C16H21N3O. The SMILES string of the molecule is CCCNC(c1ccc(OCC)cc1)c1ccnnc1. The number of benzene rings is 1. The van der Waals surface area contributed by atoms with E-state index >= 15 is 0 Å². The fourth-order valence-corrected chi connectivity index (χ4v) is 2.11. The lowest BCUT2D eigenvalue weighted by atomic mass is 10.0. The number of nitrogens with zero attached hydrogens (tertiary/aromatic N) is 2. The Kier molecular flexibility index (Phi) is 5.50. The zero-order chi connectivity index (χ0) is 14.2. The number of rotatable bonds is 7. The Morgan fingerprint density at radius 1 is 1.05 bits per heavy atom. The van der Waals surface area contributed by atoms with Gasteiger partial charge in [-0.05, 0) is 49.2 Å². The zero-order valence-electron chi connectivity index (χ0n) is 12.0. The molecule has 0 aliphatic rings. The van der Waals surface area contributed by atoms with Crippen LogP contribution in [0, 0.1) is 0 Å². The number of ether oxygens (including phenoxy) is 1. The maximum Gasteiger partial charge on any atom is 0.119 e. The minimum Gasteiger partial charge on any atom is -0.494 e. The lowest BCUT2D eigenvalue weighted by Crippen LogP contribution is -2.23. The monoisotopic (exact) mass is 271 g/mol. The second-order valence-electron chi connectivity index (χ2n) is 4.56. The quantitative estimate of drug-likeness (QED) is 0.841. The molecular weight excluding hydrogens is 250 g/mol. The molecule has 0 saturated heterocycles. The van der Waals surface area contributed by atoms with Gasteiger partial charge in [-0.2, -0.15) is 10.2 Å². The van der Waals surface area contributed by atoms with Gasteiger partial charge in [0.1, 0.15) is 5.75 Å². The van der Waals surface area contributed by atoms with Crippen molar-refractivity contribution in [2.75, 3.05) is 13.2 Å². The molecule has 1 aromatic carbocycles. The van der Waals surface area contributed by atoms with E-state index in [2.05, 4.69) is 34.6 Å². The van der Waals surface area contributed by atoms with Crippen molar-refractivity contribution in [1.82, 2.24) is 15.5 Å². The first kappa shape index (κ1) is 14.5. The summed E-state index contributed by atoms with van der Waals surface area (Å²) < 4.78 is 5.48. The second-order valence-corrected chi connectivity index (χ2v) is 4.56. The molecule has 0 spiro atoms. The third kappa shape index (κ3) is 3.78. The summed E-state index contributed by atoms with van der Waals surface area (Å²) in [5.74, 6) is 0.901. The van der Waals surface area contributed by atoms with E-state index in [0.717, 1.165) is 24.3 Å². The second kappa shape index (κ2) is 7.60. The number of nitrogens with one attached hydrogen (secondary N) is 1.